The molecule has 0 aliphatic heterocycles. The number of rotatable bonds is 5. The van der Waals surface area contributed by atoms with Gasteiger partial charge in [0.25, 0.3) is 10.0 Å². The van der Waals surface area contributed by atoms with Crippen LogP contribution in [0.4, 0.5) is 18.9 Å². The van der Waals surface area contributed by atoms with E-state index in [4.69, 9.17) is 16.3 Å². The van der Waals surface area contributed by atoms with E-state index in [1.165, 1.54) is 43.5 Å². The van der Waals surface area contributed by atoms with Crippen molar-refractivity contribution < 1.29 is 30.8 Å². The molecular weight excluding hydrogens is 433 g/mol. The summed E-state index contributed by atoms with van der Waals surface area (Å²) >= 11 is 5.92. The van der Waals surface area contributed by atoms with Gasteiger partial charge in [-0.1, -0.05) is 28.9 Å². The Labute approximate surface area is 169 Å². The van der Waals surface area contributed by atoms with Crippen LogP contribution in [0.3, 0.4) is 0 Å². The van der Waals surface area contributed by atoms with Crippen LogP contribution in [-0.4, -0.2) is 20.7 Å². The van der Waals surface area contributed by atoms with Crippen molar-refractivity contribution in [1.82, 2.24) is 5.16 Å². The molecule has 0 saturated heterocycles. The number of sulfonamides is 1. The third-order valence-electron chi connectivity index (χ3n) is 3.97. The molecule has 0 radical (unpaired) electrons. The maximum Gasteiger partial charge on any atom is 0.452 e. The van der Waals surface area contributed by atoms with Gasteiger partial charge in [-0.05, 0) is 36.8 Å². The van der Waals surface area contributed by atoms with Crippen molar-refractivity contribution >= 4 is 27.3 Å². The predicted molar refractivity (Wildman–Crippen MR) is 100 cm³/mol. The second-order valence-electron chi connectivity index (χ2n) is 6.00. The summed E-state index contributed by atoms with van der Waals surface area (Å²) in [5.41, 5.74) is 0.495. The standard InChI is InChI=1S/C18H14ClF3N2O4S/c1-10-3-4-11(13-9-17(28-23-13)18(20,21)22)7-16(10)29(25,26)24-14-8-12(19)5-6-15(14)27-2/h3-9,24H,1-2H3. The molecule has 154 valence electrons. The molecule has 3 aromatic rings. The molecule has 0 bridgehead atoms. The Morgan fingerprint density at radius 3 is 2.48 bits per heavy atom. The molecule has 11 heteroatoms. The summed E-state index contributed by atoms with van der Waals surface area (Å²) in [5.74, 6) is -1.03. The summed E-state index contributed by atoms with van der Waals surface area (Å²) < 4.78 is 75.8. The lowest BCUT2D eigenvalue weighted by atomic mass is 10.1. The van der Waals surface area contributed by atoms with Gasteiger partial charge in [0.05, 0.1) is 17.7 Å². The molecule has 0 saturated carbocycles. The van der Waals surface area contributed by atoms with Gasteiger partial charge in [0.1, 0.15) is 11.4 Å². The SMILES string of the molecule is COc1ccc(Cl)cc1NS(=O)(=O)c1cc(-c2cc(C(F)(F)F)on2)ccc1C. The van der Waals surface area contributed by atoms with Gasteiger partial charge in [-0.2, -0.15) is 13.2 Å². The summed E-state index contributed by atoms with van der Waals surface area (Å²) in [7, 11) is -2.74. The summed E-state index contributed by atoms with van der Waals surface area (Å²) in [5, 5.41) is 3.67. The molecule has 6 nitrogen and oxygen atoms in total. The van der Waals surface area contributed by atoms with Crippen LogP contribution in [0.5, 0.6) is 5.75 Å². The number of methoxy groups -OCH3 is 1. The maximum absolute atomic E-state index is 12.9. The van der Waals surface area contributed by atoms with Crippen molar-refractivity contribution in [2.45, 2.75) is 18.0 Å². The molecule has 0 amide bonds. The Kier molecular flexibility index (Phi) is 5.50. The van der Waals surface area contributed by atoms with Crippen LogP contribution in [-0.2, 0) is 16.2 Å². The van der Waals surface area contributed by atoms with Crippen LogP contribution < -0.4 is 9.46 Å². The predicted octanol–water partition coefficient (Wildman–Crippen LogP) is 5.13. The van der Waals surface area contributed by atoms with Gasteiger partial charge in [-0.3, -0.25) is 4.72 Å². The second kappa shape index (κ2) is 7.60. The van der Waals surface area contributed by atoms with Crippen molar-refractivity contribution in [2.24, 2.45) is 0 Å². The highest BCUT2D eigenvalue weighted by atomic mass is 35.5. The van der Waals surface area contributed by atoms with Gasteiger partial charge in [-0.25, -0.2) is 8.42 Å². The lowest BCUT2D eigenvalue weighted by molar-refractivity contribution is -0.155. The smallest absolute Gasteiger partial charge is 0.452 e. The van der Waals surface area contributed by atoms with Crippen LogP contribution in [0, 0.1) is 6.92 Å². The zero-order chi connectivity index (χ0) is 21.4. The average Bonchev–Trinajstić information content (AvgIpc) is 3.12. The van der Waals surface area contributed by atoms with Crippen LogP contribution >= 0.6 is 11.6 Å². The number of halogens is 4. The van der Waals surface area contributed by atoms with Gasteiger partial charge in [0.15, 0.2) is 0 Å². The highest BCUT2D eigenvalue weighted by Gasteiger charge is 2.36. The van der Waals surface area contributed by atoms with E-state index in [1.807, 2.05) is 0 Å². The van der Waals surface area contributed by atoms with E-state index < -0.39 is 22.0 Å². The first kappa shape index (κ1) is 21.0. The first-order chi connectivity index (χ1) is 13.5. The highest BCUT2D eigenvalue weighted by molar-refractivity contribution is 7.92. The number of ether oxygens (including phenoxy) is 1. The first-order valence-electron chi connectivity index (χ1n) is 8.02. The highest BCUT2D eigenvalue weighted by Crippen LogP contribution is 2.34. The van der Waals surface area contributed by atoms with Crippen LogP contribution in [0.2, 0.25) is 5.02 Å². The summed E-state index contributed by atoms with van der Waals surface area (Å²) in [6.07, 6.45) is -4.70. The molecule has 29 heavy (non-hydrogen) atoms. The lowest BCUT2D eigenvalue weighted by Gasteiger charge is -2.14. The minimum Gasteiger partial charge on any atom is -0.495 e. The van der Waals surface area contributed by atoms with Gasteiger partial charge in [0, 0.05) is 16.7 Å². The maximum atomic E-state index is 12.9. The third kappa shape index (κ3) is 4.48. The monoisotopic (exact) mass is 446 g/mol. The minimum absolute atomic E-state index is 0.116. The number of hydrogen-bond acceptors (Lipinski definition) is 5. The summed E-state index contributed by atoms with van der Waals surface area (Å²) in [6, 6.07) is 9.24. The first-order valence-corrected chi connectivity index (χ1v) is 9.88. The number of nitrogens with zero attached hydrogens (tertiary/aromatic N) is 1. The zero-order valence-electron chi connectivity index (χ0n) is 15.0. The van der Waals surface area contributed by atoms with Crippen LogP contribution in [0.25, 0.3) is 11.3 Å². The quantitative estimate of drug-likeness (QED) is 0.587. The number of nitrogens with one attached hydrogen (secondary N) is 1. The summed E-state index contributed by atoms with van der Waals surface area (Å²) in [6.45, 7) is 1.55. The van der Waals surface area contributed by atoms with E-state index in [0.29, 0.717) is 11.6 Å². The number of aromatic nitrogens is 1. The van der Waals surface area contributed by atoms with E-state index in [-0.39, 0.29) is 32.6 Å². The Bertz CT molecular complexity index is 1160. The number of benzene rings is 2. The van der Waals surface area contributed by atoms with Crippen LogP contribution in [0.15, 0.2) is 51.9 Å². The van der Waals surface area contributed by atoms with Gasteiger partial charge < -0.3 is 9.26 Å². The molecule has 0 aliphatic carbocycles. The van der Waals surface area contributed by atoms with Crippen molar-refractivity contribution in [3.8, 4) is 17.0 Å². The largest absolute Gasteiger partial charge is 0.495 e. The lowest BCUT2D eigenvalue weighted by Crippen LogP contribution is -2.15. The van der Waals surface area contributed by atoms with Crippen molar-refractivity contribution in [1.29, 1.82) is 0 Å². The van der Waals surface area contributed by atoms with E-state index in [0.717, 1.165) is 0 Å². The van der Waals surface area contributed by atoms with E-state index >= 15 is 0 Å². The zero-order valence-corrected chi connectivity index (χ0v) is 16.6. The fourth-order valence-corrected chi connectivity index (χ4v) is 4.06. The number of anilines is 1. The average molecular weight is 447 g/mol. The van der Waals surface area contributed by atoms with Gasteiger partial charge >= 0.3 is 6.18 Å². The normalized spacial score (nSPS) is 12.1. The van der Waals surface area contributed by atoms with Crippen molar-refractivity contribution in [3.05, 3.63) is 58.8 Å². The molecule has 1 aromatic heterocycles. The Morgan fingerprint density at radius 1 is 1.14 bits per heavy atom. The van der Waals surface area contributed by atoms with Crippen molar-refractivity contribution in [2.75, 3.05) is 11.8 Å². The van der Waals surface area contributed by atoms with E-state index in [1.54, 1.807) is 6.92 Å². The molecule has 0 aliphatic rings. The fourth-order valence-electron chi connectivity index (χ4n) is 2.55. The number of hydrogen-bond donors (Lipinski definition) is 1. The number of alkyl halides is 3. The third-order valence-corrected chi connectivity index (χ3v) is 5.71. The second-order valence-corrected chi connectivity index (χ2v) is 8.09. The molecule has 1 heterocycles. The number of aryl methyl sites for hydroxylation is 1. The molecule has 3 rings (SSSR count). The fraction of sp³-hybridized carbons (Fsp3) is 0.167. The van der Waals surface area contributed by atoms with E-state index in [2.05, 4.69) is 14.4 Å². The van der Waals surface area contributed by atoms with Crippen LogP contribution in [0.1, 0.15) is 11.3 Å². The Balaban J connectivity index is 2.01. The molecule has 0 atom stereocenters. The molecule has 1 N–H and O–H groups in total. The summed E-state index contributed by atoms with van der Waals surface area (Å²) in [4.78, 5) is -0.145. The molecular formula is C18H14ClF3N2O4S. The molecule has 0 fully saturated rings. The van der Waals surface area contributed by atoms with Gasteiger partial charge in [0.2, 0.25) is 5.76 Å². The topological polar surface area (TPSA) is 81.4 Å². The van der Waals surface area contributed by atoms with E-state index in [9.17, 15) is 21.6 Å². The molecule has 0 unspecified atom stereocenters. The van der Waals surface area contributed by atoms with Crippen molar-refractivity contribution in [3.63, 3.8) is 0 Å². The molecule has 2 aromatic carbocycles. The minimum atomic E-state index is -4.70. The molecule has 0 spiro atoms. The van der Waals surface area contributed by atoms with Gasteiger partial charge in [-0.15, -0.1) is 0 Å². The Morgan fingerprint density at radius 2 is 1.86 bits per heavy atom. The Hall–Kier alpha value is -2.72.